The largest absolute Gasteiger partial charge is 0.487 e. The standard InChI is InChI=1S/C26H23Cl2FN6O2/c1-2-22(36)34-8-4-7-17(12-34)35-26-23(25(30)31-14-32-26)24(33-35)18-10-20(28)21(11-19(18)27)37-13-15-5-3-6-16(29)9-15/h2-3,5-6,9-11,14,17H,1,4,7-8,12-13H2,(H2,30,31,32). The van der Waals surface area contributed by atoms with Crippen molar-refractivity contribution in [1.29, 1.82) is 0 Å². The molecule has 5 rings (SSSR count). The van der Waals surface area contributed by atoms with E-state index >= 15 is 0 Å². The second-order valence-corrected chi connectivity index (χ2v) is 9.53. The molecule has 1 atom stereocenters. The average molecular weight is 541 g/mol. The quantitative estimate of drug-likeness (QED) is 0.326. The third-order valence-electron chi connectivity index (χ3n) is 6.31. The molecule has 1 aliphatic rings. The fourth-order valence-corrected chi connectivity index (χ4v) is 4.99. The van der Waals surface area contributed by atoms with Gasteiger partial charge in [-0.25, -0.2) is 19.0 Å². The topological polar surface area (TPSA) is 99.2 Å². The van der Waals surface area contributed by atoms with E-state index < -0.39 is 0 Å². The Hall–Kier alpha value is -3.69. The molecule has 1 aliphatic heterocycles. The number of ether oxygens (including phenoxy) is 1. The number of aromatic nitrogens is 4. The number of nitrogens with two attached hydrogens (primary N) is 1. The lowest BCUT2D eigenvalue weighted by Gasteiger charge is -2.32. The summed E-state index contributed by atoms with van der Waals surface area (Å²) in [6.07, 6.45) is 4.32. The van der Waals surface area contributed by atoms with Crippen molar-refractivity contribution in [2.45, 2.75) is 25.5 Å². The molecule has 8 nitrogen and oxygen atoms in total. The van der Waals surface area contributed by atoms with Crippen LogP contribution in [0.25, 0.3) is 22.3 Å². The van der Waals surface area contributed by atoms with Crippen LogP contribution in [0.5, 0.6) is 5.75 Å². The van der Waals surface area contributed by atoms with Crippen molar-refractivity contribution < 1.29 is 13.9 Å². The highest BCUT2D eigenvalue weighted by molar-refractivity contribution is 6.36. The molecule has 0 bridgehead atoms. The lowest BCUT2D eigenvalue weighted by atomic mass is 10.1. The van der Waals surface area contributed by atoms with Crippen LogP contribution in [0.3, 0.4) is 0 Å². The molecule has 11 heteroatoms. The second kappa shape index (κ2) is 10.4. The van der Waals surface area contributed by atoms with Gasteiger partial charge in [0.15, 0.2) is 5.65 Å². The molecule has 3 heterocycles. The monoisotopic (exact) mass is 540 g/mol. The van der Waals surface area contributed by atoms with Gasteiger partial charge in [-0.1, -0.05) is 41.9 Å². The van der Waals surface area contributed by atoms with Gasteiger partial charge in [-0.3, -0.25) is 4.79 Å². The Morgan fingerprint density at radius 2 is 2.08 bits per heavy atom. The van der Waals surface area contributed by atoms with Crippen molar-refractivity contribution in [1.82, 2.24) is 24.6 Å². The van der Waals surface area contributed by atoms with Crippen LogP contribution in [-0.4, -0.2) is 43.6 Å². The molecule has 0 radical (unpaired) electrons. The van der Waals surface area contributed by atoms with Crippen LogP contribution in [0.2, 0.25) is 10.0 Å². The summed E-state index contributed by atoms with van der Waals surface area (Å²) >= 11 is 13.2. The van der Waals surface area contributed by atoms with Gasteiger partial charge in [0.25, 0.3) is 0 Å². The minimum Gasteiger partial charge on any atom is -0.487 e. The average Bonchev–Trinajstić information content (AvgIpc) is 3.29. The normalized spacial score (nSPS) is 15.6. The maximum Gasteiger partial charge on any atom is 0.246 e. The molecule has 0 aliphatic carbocycles. The molecular formula is C26H23Cl2FN6O2. The molecular weight excluding hydrogens is 518 g/mol. The highest BCUT2D eigenvalue weighted by Crippen LogP contribution is 2.41. The predicted octanol–water partition coefficient (Wildman–Crippen LogP) is 5.45. The molecule has 2 aromatic carbocycles. The number of likely N-dealkylation sites (tertiary alicyclic amines) is 1. The molecule has 0 saturated carbocycles. The lowest BCUT2D eigenvalue weighted by molar-refractivity contribution is -0.127. The number of benzene rings is 2. The number of anilines is 1. The van der Waals surface area contributed by atoms with E-state index in [0.717, 1.165) is 12.8 Å². The van der Waals surface area contributed by atoms with Gasteiger partial charge in [0.05, 0.1) is 21.5 Å². The number of carbonyl (C=O) groups excluding carboxylic acids is 1. The highest BCUT2D eigenvalue weighted by Gasteiger charge is 2.28. The van der Waals surface area contributed by atoms with Gasteiger partial charge in [0, 0.05) is 24.7 Å². The summed E-state index contributed by atoms with van der Waals surface area (Å²) in [5.41, 5.74) is 8.47. The Kier molecular flexibility index (Phi) is 6.99. The van der Waals surface area contributed by atoms with Crippen LogP contribution >= 0.6 is 23.2 Å². The van der Waals surface area contributed by atoms with Gasteiger partial charge in [0.1, 0.15) is 36.0 Å². The van der Waals surface area contributed by atoms with Crippen molar-refractivity contribution in [2.75, 3.05) is 18.8 Å². The van der Waals surface area contributed by atoms with Gasteiger partial charge in [0.2, 0.25) is 5.91 Å². The SMILES string of the molecule is C=CC(=O)N1CCCC(n2nc(-c3cc(Cl)c(OCc4cccc(F)c4)cc3Cl)c3c(N)ncnc32)C1. The molecule has 37 heavy (non-hydrogen) atoms. The number of piperidine rings is 1. The fraction of sp³-hybridized carbons (Fsp3) is 0.231. The third kappa shape index (κ3) is 4.97. The van der Waals surface area contributed by atoms with Crippen molar-refractivity contribution >= 4 is 46.0 Å². The summed E-state index contributed by atoms with van der Waals surface area (Å²) in [4.78, 5) is 22.6. The Morgan fingerprint density at radius 1 is 1.24 bits per heavy atom. The van der Waals surface area contributed by atoms with Crippen molar-refractivity contribution in [2.24, 2.45) is 0 Å². The van der Waals surface area contributed by atoms with Crippen molar-refractivity contribution in [3.05, 3.63) is 76.8 Å². The van der Waals surface area contributed by atoms with Crippen molar-refractivity contribution in [3.63, 3.8) is 0 Å². The highest BCUT2D eigenvalue weighted by atomic mass is 35.5. The van der Waals surface area contributed by atoms with E-state index in [1.807, 2.05) is 0 Å². The number of fused-ring (bicyclic) bond motifs is 1. The molecule has 2 aromatic heterocycles. The number of rotatable bonds is 6. The van der Waals surface area contributed by atoms with E-state index in [9.17, 15) is 9.18 Å². The minimum atomic E-state index is -0.349. The summed E-state index contributed by atoms with van der Waals surface area (Å²) in [7, 11) is 0. The van der Waals surface area contributed by atoms with E-state index in [2.05, 4.69) is 16.5 Å². The maximum absolute atomic E-state index is 13.5. The maximum atomic E-state index is 13.5. The molecule has 1 saturated heterocycles. The summed E-state index contributed by atoms with van der Waals surface area (Å²) in [5, 5.41) is 6.02. The van der Waals surface area contributed by atoms with Crippen LogP contribution in [-0.2, 0) is 11.4 Å². The van der Waals surface area contributed by atoms with Gasteiger partial charge >= 0.3 is 0 Å². The molecule has 1 amide bonds. The van der Waals surface area contributed by atoms with E-state index in [1.54, 1.807) is 33.8 Å². The summed E-state index contributed by atoms with van der Waals surface area (Å²) in [6, 6.07) is 9.24. The molecule has 190 valence electrons. The molecule has 1 unspecified atom stereocenters. The number of amides is 1. The molecule has 1 fully saturated rings. The Balaban J connectivity index is 1.51. The van der Waals surface area contributed by atoms with E-state index in [4.69, 9.17) is 38.8 Å². The number of nitrogen functional groups attached to an aromatic ring is 1. The van der Waals surface area contributed by atoms with Gasteiger partial charge < -0.3 is 15.4 Å². The minimum absolute atomic E-state index is 0.118. The van der Waals surface area contributed by atoms with Gasteiger partial charge in [-0.15, -0.1) is 0 Å². The van der Waals surface area contributed by atoms with E-state index in [0.29, 0.717) is 56.7 Å². The first-order valence-electron chi connectivity index (χ1n) is 11.6. The second-order valence-electron chi connectivity index (χ2n) is 8.72. The number of halogens is 3. The van der Waals surface area contributed by atoms with Crippen LogP contribution < -0.4 is 10.5 Å². The zero-order chi connectivity index (χ0) is 26.1. The van der Waals surface area contributed by atoms with Crippen LogP contribution in [0, 0.1) is 5.82 Å². The van der Waals surface area contributed by atoms with Crippen LogP contribution in [0.1, 0.15) is 24.4 Å². The number of nitrogens with zero attached hydrogens (tertiary/aromatic N) is 5. The first kappa shape index (κ1) is 25.0. The first-order valence-corrected chi connectivity index (χ1v) is 12.4. The third-order valence-corrected chi connectivity index (χ3v) is 6.91. The molecule has 0 spiro atoms. The Morgan fingerprint density at radius 3 is 2.86 bits per heavy atom. The van der Waals surface area contributed by atoms with E-state index in [-0.39, 0.29) is 30.2 Å². The Bertz CT molecular complexity index is 1510. The molecule has 4 aromatic rings. The van der Waals surface area contributed by atoms with Gasteiger partial charge in [-0.2, -0.15) is 5.10 Å². The van der Waals surface area contributed by atoms with Crippen LogP contribution in [0.4, 0.5) is 10.2 Å². The summed E-state index contributed by atoms with van der Waals surface area (Å²) in [5.74, 6) is 0.121. The van der Waals surface area contributed by atoms with Gasteiger partial charge in [-0.05, 0) is 42.7 Å². The van der Waals surface area contributed by atoms with E-state index in [1.165, 1.54) is 24.5 Å². The predicted molar refractivity (Wildman–Crippen MR) is 141 cm³/mol. The first-order chi connectivity index (χ1) is 17.9. The zero-order valence-corrected chi connectivity index (χ0v) is 21.2. The van der Waals surface area contributed by atoms with Crippen LogP contribution in [0.15, 0.2) is 55.4 Å². The summed E-state index contributed by atoms with van der Waals surface area (Å²) in [6.45, 7) is 4.83. The fourth-order valence-electron chi connectivity index (χ4n) is 4.53. The number of carbonyl (C=O) groups is 1. The zero-order valence-electron chi connectivity index (χ0n) is 19.7. The number of hydrogen-bond donors (Lipinski definition) is 1. The molecule has 2 N–H and O–H groups in total. The Labute approximate surface area is 222 Å². The number of hydrogen-bond acceptors (Lipinski definition) is 6. The smallest absolute Gasteiger partial charge is 0.246 e. The summed E-state index contributed by atoms with van der Waals surface area (Å²) < 4.78 is 21.1. The van der Waals surface area contributed by atoms with Crippen molar-refractivity contribution in [3.8, 4) is 17.0 Å². The lowest BCUT2D eigenvalue weighted by Crippen LogP contribution is -2.40.